The number of rotatable bonds is 8. The van der Waals surface area contributed by atoms with Gasteiger partial charge in [-0.25, -0.2) is 9.78 Å². The summed E-state index contributed by atoms with van der Waals surface area (Å²) in [6, 6.07) is 1.90. The van der Waals surface area contributed by atoms with E-state index in [1.165, 1.54) is 6.08 Å². The molecule has 3 rings (SSSR count). The average molecular weight is 436 g/mol. The van der Waals surface area contributed by atoms with Crippen LogP contribution in [0.25, 0.3) is 5.70 Å². The van der Waals surface area contributed by atoms with Crippen molar-refractivity contribution in [2.24, 2.45) is 0 Å². The molecule has 0 spiro atoms. The number of allylic oxidation sites excluding steroid dienone is 1. The summed E-state index contributed by atoms with van der Waals surface area (Å²) in [5, 5.41) is 27.1. The second-order valence-electron chi connectivity index (χ2n) is 7.92. The molecule has 1 saturated heterocycles. The van der Waals surface area contributed by atoms with Crippen molar-refractivity contribution < 1.29 is 24.5 Å². The highest BCUT2D eigenvalue weighted by Crippen LogP contribution is 2.54. The molecule has 9 heteroatoms. The lowest BCUT2D eigenvalue weighted by atomic mass is 9.98. The highest BCUT2D eigenvalue weighted by Gasteiger charge is 2.48. The van der Waals surface area contributed by atoms with E-state index in [4.69, 9.17) is 26.5 Å². The van der Waals surface area contributed by atoms with Gasteiger partial charge in [-0.3, -0.25) is 0 Å². The Morgan fingerprint density at radius 2 is 2.17 bits per heavy atom. The Kier molecular flexibility index (Phi) is 6.38. The summed E-state index contributed by atoms with van der Waals surface area (Å²) < 4.78 is 10.8. The molecule has 2 aliphatic rings. The fourth-order valence-electron chi connectivity index (χ4n) is 4.09. The first kappa shape index (κ1) is 22.1. The fourth-order valence-corrected chi connectivity index (χ4v) is 4.28. The fraction of sp³-hybridized carbons (Fsp3) is 0.476. The maximum absolute atomic E-state index is 11.3. The van der Waals surface area contributed by atoms with Crippen LogP contribution in [0.4, 0.5) is 0 Å². The van der Waals surface area contributed by atoms with E-state index in [0.717, 1.165) is 24.8 Å². The van der Waals surface area contributed by atoms with Crippen LogP contribution in [0.2, 0.25) is 5.15 Å². The number of ether oxygens (including phenoxy) is 2. The van der Waals surface area contributed by atoms with Gasteiger partial charge < -0.3 is 30.0 Å². The Labute approximate surface area is 180 Å². The topological polar surface area (TPSA) is 116 Å². The second-order valence-corrected chi connectivity index (χ2v) is 8.28. The molecule has 2 aliphatic heterocycles. The zero-order valence-electron chi connectivity index (χ0n) is 17.2. The van der Waals surface area contributed by atoms with Crippen molar-refractivity contribution in [1.29, 1.82) is 5.41 Å². The molecule has 1 atom stereocenters. The van der Waals surface area contributed by atoms with E-state index in [0.29, 0.717) is 36.6 Å². The number of aromatic nitrogens is 1. The van der Waals surface area contributed by atoms with Crippen LogP contribution in [0.3, 0.4) is 0 Å². The van der Waals surface area contributed by atoms with Crippen molar-refractivity contribution in [1.82, 2.24) is 9.88 Å². The highest BCUT2D eigenvalue weighted by molar-refractivity contribution is 6.31. The predicted octanol–water partition coefficient (Wildman–Crippen LogP) is 3.97. The lowest BCUT2D eigenvalue weighted by Crippen LogP contribution is -2.35. The molecular formula is C21H26ClN3O5. The van der Waals surface area contributed by atoms with Crippen LogP contribution in [0, 0.1) is 5.41 Å². The lowest BCUT2D eigenvalue weighted by Gasteiger charge is -2.34. The molecule has 1 aromatic heterocycles. The maximum atomic E-state index is 11.3. The Balaban J connectivity index is 2.07. The maximum Gasteiger partial charge on any atom is 0.341 e. The number of aliphatic hydroxyl groups is 1. The molecule has 0 aliphatic carbocycles. The van der Waals surface area contributed by atoms with Crippen LogP contribution in [0.1, 0.15) is 50.4 Å². The van der Waals surface area contributed by atoms with Crippen molar-refractivity contribution in [3.05, 3.63) is 39.9 Å². The number of methoxy groups -OCH3 is 1. The molecule has 0 saturated carbocycles. The second kappa shape index (κ2) is 8.65. The number of halogens is 1. The van der Waals surface area contributed by atoms with Crippen molar-refractivity contribution in [2.45, 2.75) is 44.7 Å². The minimum Gasteiger partial charge on any atom is -0.507 e. The number of carboxylic acid groups (broad SMARTS) is 1. The Morgan fingerprint density at radius 1 is 1.43 bits per heavy atom. The zero-order chi connectivity index (χ0) is 22.1. The first-order chi connectivity index (χ1) is 14.2. The third-order valence-corrected chi connectivity index (χ3v) is 5.77. The number of nitrogens with zero attached hydrogens (tertiary/aromatic N) is 2. The third kappa shape index (κ3) is 4.02. The van der Waals surface area contributed by atoms with Crippen LogP contribution >= 0.6 is 11.6 Å². The lowest BCUT2D eigenvalue weighted by molar-refractivity contribution is -0.132. The first-order valence-electron chi connectivity index (χ1n) is 9.72. The summed E-state index contributed by atoms with van der Waals surface area (Å²) in [5.41, 5.74) is 1.38. The molecule has 3 heterocycles. The van der Waals surface area contributed by atoms with E-state index in [1.54, 1.807) is 7.11 Å². The number of carbonyl (C=O) groups is 1. The molecule has 30 heavy (non-hydrogen) atoms. The van der Waals surface area contributed by atoms with Gasteiger partial charge in [-0.2, -0.15) is 0 Å². The number of carboxylic acids is 1. The van der Waals surface area contributed by atoms with Crippen molar-refractivity contribution in [3.63, 3.8) is 0 Å². The van der Waals surface area contributed by atoms with E-state index in [1.807, 2.05) is 6.07 Å². The Bertz CT molecular complexity index is 925. The molecule has 3 N–H and O–H groups in total. The molecule has 162 valence electrons. The number of nitrogens with one attached hydrogen (secondary N) is 1. The van der Waals surface area contributed by atoms with Gasteiger partial charge >= 0.3 is 5.97 Å². The number of hydrogen-bond acceptors (Lipinski definition) is 7. The number of hydrogen-bond donors (Lipinski definition) is 3. The third-order valence-electron chi connectivity index (χ3n) is 5.50. The van der Waals surface area contributed by atoms with E-state index >= 15 is 0 Å². The predicted molar refractivity (Wildman–Crippen MR) is 113 cm³/mol. The summed E-state index contributed by atoms with van der Waals surface area (Å²) in [7, 11) is 1.63. The van der Waals surface area contributed by atoms with Crippen molar-refractivity contribution in [3.8, 4) is 5.75 Å². The Hall–Kier alpha value is -2.58. The monoisotopic (exact) mass is 435 g/mol. The first-order valence-corrected chi connectivity index (χ1v) is 10.1. The minimum atomic E-state index is -1.37. The van der Waals surface area contributed by atoms with Gasteiger partial charge in [0.25, 0.3) is 0 Å². The summed E-state index contributed by atoms with van der Waals surface area (Å²) in [4.78, 5) is 18.0. The molecule has 0 bridgehead atoms. The van der Waals surface area contributed by atoms with E-state index in [-0.39, 0.29) is 16.7 Å². The number of pyridine rings is 1. The number of aliphatic carboxylic acids is 1. The highest BCUT2D eigenvalue weighted by atomic mass is 35.5. The minimum absolute atomic E-state index is 0.0217. The van der Waals surface area contributed by atoms with E-state index in [9.17, 15) is 15.0 Å². The summed E-state index contributed by atoms with van der Waals surface area (Å²) in [5.74, 6) is -1.39. The molecule has 0 radical (unpaired) electrons. The summed E-state index contributed by atoms with van der Waals surface area (Å²) >= 11 is 6.37. The molecular weight excluding hydrogens is 410 g/mol. The van der Waals surface area contributed by atoms with Gasteiger partial charge in [-0.05, 0) is 32.8 Å². The Morgan fingerprint density at radius 3 is 2.80 bits per heavy atom. The number of fused-ring (bicyclic) bond motifs is 3. The number of aliphatic hydroxyl groups excluding tert-OH is 1. The van der Waals surface area contributed by atoms with Crippen LogP contribution < -0.4 is 4.74 Å². The van der Waals surface area contributed by atoms with Gasteiger partial charge in [0.15, 0.2) is 10.9 Å². The van der Waals surface area contributed by atoms with Gasteiger partial charge in [-0.15, -0.1) is 0 Å². The van der Waals surface area contributed by atoms with Crippen LogP contribution in [-0.2, 0) is 9.53 Å². The van der Waals surface area contributed by atoms with Crippen molar-refractivity contribution >= 4 is 29.5 Å². The summed E-state index contributed by atoms with van der Waals surface area (Å²) in [6.45, 7) is 5.21. The molecule has 1 fully saturated rings. The van der Waals surface area contributed by atoms with Gasteiger partial charge in [0, 0.05) is 43.5 Å². The summed E-state index contributed by atoms with van der Waals surface area (Å²) in [6.07, 6.45) is 4.50. The zero-order valence-corrected chi connectivity index (χ0v) is 18.0. The SMILES string of the molecule is COCCCOc1cc2c(nc1Cl)/C(=C/C(O)=C(C=N)C(=O)O)N1C2CCC1(C)C. The largest absolute Gasteiger partial charge is 0.507 e. The van der Waals surface area contributed by atoms with Crippen LogP contribution in [0.5, 0.6) is 5.75 Å². The van der Waals surface area contributed by atoms with Gasteiger partial charge in [0.05, 0.1) is 24.0 Å². The van der Waals surface area contributed by atoms with E-state index < -0.39 is 17.3 Å². The van der Waals surface area contributed by atoms with E-state index in [2.05, 4.69) is 23.7 Å². The van der Waals surface area contributed by atoms with Gasteiger partial charge in [0.1, 0.15) is 11.3 Å². The molecule has 0 amide bonds. The molecule has 0 aromatic carbocycles. The van der Waals surface area contributed by atoms with Crippen molar-refractivity contribution in [2.75, 3.05) is 20.3 Å². The normalized spacial score (nSPS) is 21.3. The molecule has 8 nitrogen and oxygen atoms in total. The quantitative estimate of drug-likeness (QED) is 0.186. The average Bonchev–Trinajstić information content (AvgIpc) is 3.14. The van der Waals surface area contributed by atoms with Gasteiger partial charge in [0.2, 0.25) is 0 Å². The smallest absolute Gasteiger partial charge is 0.341 e. The van der Waals surface area contributed by atoms with Crippen LogP contribution in [0.15, 0.2) is 23.5 Å². The molecule has 1 aromatic rings. The standard InChI is InChI=1S/C21H26ClN3O5/c1-21(2)6-5-14-12-9-17(30-8-4-7-29-3)19(22)24-18(12)15(25(14)21)10-16(26)13(11-23)20(27)28/h9-11,14,23,26H,4-8H2,1-3H3,(H,27,28)/b15-10-,16-13?,23-11?. The van der Waals surface area contributed by atoms with Crippen LogP contribution in [-0.4, -0.2) is 58.1 Å². The molecule has 1 unspecified atom stereocenters. The van der Waals surface area contributed by atoms with Gasteiger partial charge in [-0.1, -0.05) is 11.6 Å².